The summed E-state index contributed by atoms with van der Waals surface area (Å²) < 4.78 is 0. The van der Waals surface area contributed by atoms with Gasteiger partial charge in [-0.1, -0.05) is 49.6 Å². The van der Waals surface area contributed by atoms with Gasteiger partial charge in [-0.15, -0.1) is 0 Å². The number of urea groups is 1. The summed E-state index contributed by atoms with van der Waals surface area (Å²) in [5.74, 6) is 0.0843. The molecular formula is C21H30N4O2. The van der Waals surface area contributed by atoms with Gasteiger partial charge in [-0.25, -0.2) is 4.79 Å². The van der Waals surface area contributed by atoms with Crippen LogP contribution >= 0.6 is 0 Å². The first kappa shape index (κ1) is 18.3. The summed E-state index contributed by atoms with van der Waals surface area (Å²) in [4.78, 5) is 31.5. The molecule has 1 atom stereocenters. The predicted octanol–water partition coefficient (Wildman–Crippen LogP) is 2.06. The summed E-state index contributed by atoms with van der Waals surface area (Å²) in [6.45, 7) is 4.70. The molecule has 1 aliphatic carbocycles. The van der Waals surface area contributed by atoms with E-state index >= 15 is 0 Å². The topological polar surface area (TPSA) is 55.9 Å². The maximum absolute atomic E-state index is 12.9. The number of carbonyl (C=O) groups is 2. The van der Waals surface area contributed by atoms with Crippen LogP contribution in [-0.2, 0) is 11.3 Å². The molecule has 6 nitrogen and oxygen atoms in total. The number of piperazine rings is 1. The van der Waals surface area contributed by atoms with Crippen molar-refractivity contribution >= 4 is 11.9 Å². The van der Waals surface area contributed by atoms with Crippen LogP contribution in [0.4, 0.5) is 4.79 Å². The fourth-order valence-corrected chi connectivity index (χ4v) is 4.59. The van der Waals surface area contributed by atoms with Crippen molar-refractivity contribution < 1.29 is 9.59 Å². The van der Waals surface area contributed by atoms with Crippen LogP contribution in [0.1, 0.15) is 37.7 Å². The predicted molar refractivity (Wildman–Crippen MR) is 104 cm³/mol. The third-order valence-corrected chi connectivity index (χ3v) is 6.18. The lowest BCUT2D eigenvalue weighted by atomic mass is 9.94. The van der Waals surface area contributed by atoms with Crippen LogP contribution in [0.3, 0.4) is 0 Å². The lowest BCUT2D eigenvalue weighted by molar-refractivity contribution is -0.134. The zero-order chi connectivity index (χ0) is 18.6. The second kappa shape index (κ2) is 8.30. The number of nitrogens with zero attached hydrogens (tertiary/aromatic N) is 3. The Morgan fingerprint density at radius 3 is 2.41 bits per heavy atom. The molecule has 1 unspecified atom stereocenters. The Morgan fingerprint density at radius 2 is 1.70 bits per heavy atom. The molecule has 2 aliphatic heterocycles. The zero-order valence-corrected chi connectivity index (χ0v) is 16.0. The number of nitrogens with one attached hydrogen (secondary N) is 1. The van der Waals surface area contributed by atoms with Gasteiger partial charge in [-0.3, -0.25) is 9.69 Å². The van der Waals surface area contributed by atoms with Crippen molar-refractivity contribution in [2.75, 3.05) is 32.7 Å². The van der Waals surface area contributed by atoms with Crippen LogP contribution in [-0.4, -0.2) is 71.4 Å². The summed E-state index contributed by atoms with van der Waals surface area (Å²) >= 11 is 0. The molecule has 2 heterocycles. The van der Waals surface area contributed by atoms with Crippen LogP contribution in [0.5, 0.6) is 0 Å². The number of rotatable bonds is 4. The average molecular weight is 370 g/mol. The zero-order valence-electron chi connectivity index (χ0n) is 16.0. The maximum Gasteiger partial charge on any atom is 0.318 e. The largest absolute Gasteiger partial charge is 0.338 e. The van der Waals surface area contributed by atoms with E-state index in [0.717, 1.165) is 45.6 Å². The second-order valence-corrected chi connectivity index (χ2v) is 8.03. The Kier molecular flexibility index (Phi) is 5.62. The number of benzene rings is 1. The molecular weight excluding hydrogens is 340 g/mol. The summed E-state index contributed by atoms with van der Waals surface area (Å²) in [5.41, 5.74) is 1.31. The number of amides is 3. The van der Waals surface area contributed by atoms with Crippen LogP contribution in [0.25, 0.3) is 0 Å². The maximum atomic E-state index is 12.9. The molecule has 6 heteroatoms. The number of hydrogen-bond donors (Lipinski definition) is 1. The molecule has 0 aromatic heterocycles. The van der Waals surface area contributed by atoms with Gasteiger partial charge in [-0.2, -0.15) is 0 Å². The van der Waals surface area contributed by atoms with Crippen molar-refractivity contribution in [1.29, 1.82) is 0 Å². The molecule has 2 saturated heterocycles. The molecule has 146 valence electrons. The van der Waals surface area contributed by atoms with E-state index in [1.807, 2.05) is 15.9 Å². The van der Waals surface area contributed by atoms with Gasteiger partial charge in [0, 0.05) is 38.8 Å². The van der Waals surface area contributed by atoms with Gasteiger partial charge in [0.05, 0.1) is 6.54 Å². The van der Waals surface area contributed by atoms with Crippen LogP contribution in [0, 0.1) is 0 Å². The third kappa shape index (κ3) is 4.26. The first-order valence-electron chi connectivity index (χ1n) is 10.3. The van der Waals surface area contributed by atoms with Crippen molar-refractivity contribution in [3.05, 3.63) is 35.9 Å². The lowest BCUT2D eigenvalue weighted by Gasteiger charge is -2.36. The Morgan fingerprint density at radius 1 is 1.00 bits per heavy atom. The molecule has 0 radical (unpaired) electrons. The summed E-state index contributed by atoms with van der Waals surface area (Å²) in [6, 6.07) is 10.3. The molecule has 4 rings (SSSR count). The Bertz CT molecular complexity index is 651. The average Bonchev–Trinajstić information content (AvgIpc) is 3.11. The van der Waals surface area contributed by atoms with Gasteiger partial charge in [0.1, 0.15) is 6.04 Å². The minimum Gasteiger partial charge on any atom is -0.338 e. The first-order chi connectivity index (χ1) is 13.2. The minimum absolute atomic E-state index is 0.0528. The summed E-state index contributed by atoms with van der Waals surface area (Å²) in [6.07, 6.45) is 5.80. The van der Waals surface area contributed by atoms with Gasteiger partial charge in [-0.05, 0) is 18.4 Å². The normalized spacial score (nSPS) is 24.9. The van der Waals surface area contributed by atoms with E-state index in [9.17, 15) is 9.59 Å². The lowest BCUT2D eigenvalue weighted by Crippen LogP contribution is -2.53. The second-order valence-electron chi connectivity index (χ2n) is 8.03. The number of hydrogen-bond acceptors (Lipinski definition) is 3. The van der Waals surface area contributed by atoms with Crippen molar-refractivity contribution in [1.82, 2.24) is 20.0 Å². The van der Waals surface area contributed by atoms with Gasteiger partial charge in [0.15, 0.2) is 0 Å². The quantitative estimate of drug-likeness (QED) is 0.883. The molecule has 0 spiro atoms. The molecule has 3 amide bonds. The van der Waals surface area contributed by atoms with E-state index in [2.05, 4.69) is 34.5 Å². The fraction of sp³-hybridized carbons (Fsp3) is 0.619. The highest BCUT2D eigenvalue weighted by Gasteiger charge is 2.39. The van der Waals surface area contributed by atoms with Gasteiger partial charge in [0.25, 0.3) is 0 Å². The third-order valence-electron chi connectivity index (χ3n) is 6.18. The highest BCUT2D eigenvalue weighted by Crippen LogP contribution is 2.25. The SMILES string of the molecule is O=C(C1CN(C2CCCCC2)C(=O)N1)N1CCN(Cc2ccccc2)CC1. The van der Waals surface area contributed by atoms with E-state index in [0.29, 0.717) is 12.6 Å². The molecule has 3 fully saturated rings. The van der Waals surface area contributed by atoms with Crippen molar-refractivity contribution in [2.24, 2.45) is 0 Å². The molecule has 27 heavy (non-hydrogen) atoms. The first-order valence-corrected chi connectivity index (χ1v) is 10.3. The standard InChI is InChI=1S/C21H30N4O2/c26-20(19-16-25(21(27)22-19)18-9-5-2-6-10-18)24-13-11-23(12-14-24)15-17-7-3-1-4-8-17/h1,3-4,7-8,18-19H,2,5-6,9-16H2,(H,22,27). The van der Waals surface area contributed by atoms with E-state index in [-0.39, 0.29) is 18.0 Å². The van der Waals surface area contributed by atoms with Gasteiger partial charge in [0.2, 0.25) is 5.91 Å². The van der Waals surface area contributed by atoms with E-state index < -0.39 is 0 Å². The van der Waals surface area contributed by atoms with Gasteiger partial charge >= 0.3 is 6.03 Å². The van der Waals surface area contributed by atoms with Crippen molar-refractivity contribution in [2.45, 2.75) is 50.7 Å². The van der Waals surface area contributed by atoms with Crippen molar-refractivity contribution in [3.63, 3.8) is 0 Å². The molecule has 1 N–H and O–H groups in total. The van der Waals surface area contributed by atoms with Crippen molar-refractivity contribution in [3.8, 4) is 0 Å². The van der Waals surface area contributed by atoms with Crippen LogP contribution in [0.15, 0.2) is 30.3 Å². The number of carbonyl (C=O) groups excluding carboxylic acids is 2. The summed E-state index contributed by atoms with van der Waals surface area (Å²) in [7, 11) is 0. The Balaban J connectivity index is 1.27. The molecule has 1 aromatic carbocycles. The molecule has 1 saturated carbocycles. The van der Waals surface area contributed by atoms with Crippen LogP contribution < -0.4 is 5.32 Å². The van der Waals surface area contributed by atoms with E-state index in [1.54, 1.807) is 0 Å². The smallest absolute Gasteiger partial charge is 0.318 e. The highest BCUT2D eigenvalue weighted by molar-refractivity contribution is 5.90. The minimum atomic E-state index is -0.375. The highest BCUT2D eigenvalue weighted by atomic mass is 16.2. The molecule has 1 aromatic rings. The Hall–Kier alpha value is -2.08. The van der Waals surface area contributed by atoms with E-state index in [4.69, 9.17) is 0 Å². The summed E-state index contributed by atoms with van der Waals surface area (Å²) in [5, 5.41) is 2.93. The fourth-order valence-electron chi connectivity index (χ4n) is 4.59. The monoisotopic (exact) mass is 370 g/mol. The van der Waals surface area contributed by atoms with E-state index in [1.165, 1.54) is 24.8 Å². The molecule has 3 aliphatic rings. The van der Waals surface area contributed by atoms with Crippen LogP contribution in [0.2, 0.25) is 0 Å². The Labute approximate surface area is 161 Å². The van der Waals surface area contributed by atoms with Gasteiger partial charge < -0.3 is 15.1 Å². The molecule has 0 bridgehead atoms.